The molecule has 0 saturated carbocycles. The number of carbonyl (C=O) groups is 2. The lowest BCUT2D eigenvalue weighted by molar-refractivity contribution is -0.137. The van der Waals surface area contributed by atoms with Gasteiger partial charge in [0.25, 0.3) is 0 Å². The van der Waals surface area contributed by atoms with Crippen LogP contribution in [-0.4, -0.2) is 47.4 Å². The van der Waals surface area contributed by atoms with E-state index in [9.17, 15) is 14.0 Å². The molecule has 0 aliphatic carbocycles. The number of fused-ring (bicyclic) bond motifs is 3. The van der Waals surface area contributed by atoms with Crippen molar-refractivity contribution >= 4 is 49.3 Å². The maximum atomic E-state index is 13.4. The van der Waals surface area contributed by atoms with Crippen LogP contribution in [0.2, 0.25) is 0 Å². The maximum Gasteiger partial charge on any atom is 0.250 e. The highest BCUT2D eigenvalue weighted by Gasteiger charge is 2.30. The molecule has 0 bridgehead atoms. The summed E-state index contributed by atoms with van der Waals surface area (Å²) in [5.74, 6) is -0.671. The molecule has 134 valence electrons. The summed E-state index contributed by atoms with van der Waals surface area (Å²) in [6.45, 7) is 3.06. The minimum Gasteiger partial charge on any atom is -0.328 e. The van der Waals surface area contributed by atoms with Gasteiger partial charge in [-0.2, -0.15) is 0 Å². The molecule has 26 heavy (non-hydrogen) atoms. The molecule has 2 N–H and O–H groups in total. The fourth-order valence-electron chi connectivity index (χ4n) is 3.24. The van der Waals surface area contributed by atoms with Crippen LogP contribution in [0.3, 0.4) is 0 Å². The number of hydrogen-bond acceptors (Lipinski definition) is 5. The fraction of sp³-hybridized carbons (Fsp3) is 0.278. The van der Waals surface area contributed by atoms with Crippen LogP contribution in [0.15, 0.2) is 30.3 Å². The molecule has 2 heterocycles. The number of rotatable bonds is 2. The van der Waals surface area contributed by atoms with Crippen molar-refractivity contribution in [1.82, 2.24) is 15.2 Å². The summed E-state index contributed by atoms with van der Waals surface area (Å²) in [7, 11) is 0. The smallest absolute Gasteiger partial charge is 0.250 e. The minimum absolute atomic E-state index is 0.121. The quantitative estimate of drug-likeness (QED) is 0.724. The Hall–Kier alpha value is -2.58. The zero-order chi connectivity index (χ0) is 18.3. The van der Waals surface area contributed by atoms with Crippen molar-refractivity contribution in [2.24, 2.45) is 0 Å². The molecule has 4 rings (SSSR count). The van der Waals surface area contributed by atoms with E-state index in [2.05, 4.69) is 15.6 Å². The van der Waals surface area contributed by atoms with Crippen LogP contribution in [0.5, 0.6) is 0 Å². The Morgan fingerprint density at radius 1 is 1.35 bits per heavy atom. The third-order valence-electron chi connectivity index (χ3n) is 4.51. The van der Waals surface area contributed by atoms with E-state index in [1.807, 2.05) is 12.1 Å². The van der Waals surface area contributed by atoms with Gasteiger partial charge in [-0.15, -0.1) is 0 Å². The molecular weight excluding hydrogens is 355 g/mol. The number of benzene rings is 2. The molecule has 6 nitrogen and oxygen atoms in total. The molecule has 0 unspecified atom stereocenters. The second-order valence-electron chi connectivity index (χ2n) is 6.22. The van der Waals surface area contributed by atoms with Crippen molar-refractivity contribution in [1.29, 1.82) is 0 Å². The van der Waals surface area contributed by atoms with E-state index in [4.69, 9.17) is 0 Å². The Morgan fingerprint density at radius 3 is 3.00 bits per heavy atom. The maximum absolute atomic E-state index is 13.4. The van der Waals surface area contributed by atoms with E-state index in [1.54, 1.807) is 11.0 Å². The van der Waals surface area contributed by atoms with Crippen molar-refractivity contribution < 1.29 is 14.0 Å². The van der Waals surface area contributed by atoms with Gasteiger partial charge in [-0.25, -0.2) is 9.37 Å². The largest absolute Gasteiger partial charge is 0.328 e. The molecule has 8 heteroatoms. The monoisotopic (exact) mass is 372 g/mol. The molecule has 1 aromatic heterocycles. The van der Waals surface area contributed by atoms with Gasteiger partial charge in [-0.05, 0) is 29.7 Å². The number of amides is 2. The van der Waals surface area contributed by atoms with Crippen LogP contribution in [0.4, 0.5) is 9.52 Å². The molecular formula is C18H17FN4O2S. The molecule has 1 fully saturated rings. The lowest BCUT2D eigenvalue weighted by Gasteiger charge is -2.34. The highest BCUT2D eigenvalue weighted by molar-refractivity contribution is 7.23. The van der Waals surface area contributed by atoms with Crippen LogP contribution < -0.4 is 10.6 Å². The molecule has 3 aromatic rings. The summed E-state index contributed by atoms with van der Waals surface area (Å²) in [5, 5.41) is 8.11. The van der Waals surface area contributed by atoms with Gasteiger partial charge in [-0.1, -0.05) is 17.4 Å². The van der Waals surface area contributed by atoms with E-state index in [0.29, 0.717) is 24.8 Å². The molecule has 1 atom stereocenters. The number of carbonyl (C=O) groups excluding carboxylic acids is 2. The molecule has 2 aromatic carbocycles. The van der Waals surface area contributed by atoms with Gasteiger partial charge in [0.2, 0.25) is 11.8 Å². The van der Waals surface area contributed by atoms with Crippen LogP contribution in [0.1, 0.15) is 6.92 Å². The normalized spacial score (nSPS) is 17.6. The average Bonchev–Trinajstić information content (AvgIpc) is 3.04. The van der Waals surface area contributed by atoms with Crippen molar-refractivity contribution in [3.05, 3.63) is 36.1 Å². The van der Waals surface area contributed by atoms with Gasteiger partial charge in [0.15, 0.2) is 5.13 Å². The third kappa shape index (κ3) is 3.02. The number of nitrogens with zero attached hydrogens (tertiary/aromatic N) is 2. The van der Waals surface area contributed by atoms with Crippen molar-refractivity contribution in [3.63, 3.8) is 0 Å². The molecule has 2 amide bonds. The Bertz CT molecular complexity index is 1020. The first kappa shape index (κ1) is 16.9. The highest BCUT2D eigenvalue weighted by atomic mass is 32.1. The third-order valence-corrected chi connectivity index (χ3v) is 5.53. The lowest BCUT2D eigenvalue weighted by atomic mass is 10.1. The minimum atomic E-state index is -0.556. The lowest BCUT2D eigenvalue weighted by Crippen LogP contribution is -2.57. The zero-order valence-electron chi connectivity index (χ0n) is 14.1. The number of hydrogen-bond donors (Lipinski definition) is 2. The van der Waals surface area contributed by atoms with Crippen molar-refractivity contribution in [2.45, 2.75) is 13.0 Å². The average molecular weight is 372 g/mol. The van der Waals surface area contributed by atoms with Crippen LogP contribution in [-0.2, 0) is 9.59 Å². The van der Waals surface area contributed by atoms with E-state index in [-0.39, 0.29) is 17.6 Å². The van der Waals surface area contributed by atoms with Crippen molar-refractivity contribution in [2.75, 3.05) is 25.0 Å². The molecule has 1 aliphatic rings. The van der Waals surface area contributed by atoms with Crippen molar-refractivity contribution in [3.8, 4) is 0 Å². The predicted molar refractivity (Wildman–Crippen MR) is 99.8 cm³/mol. The Kier molecular flexibility index (Phi) is 4.29. The van der Waals surface area contributed by atoms with Gasteiger partial charge in [0.1, 0.15) is 11.9 Å². The summed E-state index contributed by atoms with van der Waals surface area (Å²) >= 11 is 1.35. The van der Waals surface area contributed by atoms with Gasteiger partial charge < -0.3 is 15.5 Å². The first-order chi connectivity index (χ1) is 12.5. The molecule has 1 saturated heterocycles. The first-order valence-corrected chi connectivity index (χ1v) is 9.12. The predicted octanol–water partition coefficient (Wildman–Crippen LogP) is 2.35. The summed E-state index contributed by atoms with van der Waals surface area (Å²) in [6.07, 6.45) is 0. The Labute approximate surface area is 153 Å². The highest BCUT2D eigenvalue weighted by Crippen LogP contribution is 2.33. The fourth-order valence-corrected chi connectivity index (χ4v) is 4.25. The number of piperazine rings is 1. The molecule has 1 aliphatic heterocycles. The summed E-state index contributed by atoms with van der Waals surface area (Å²) in [4.78, 5) is 30.4. The first-order valence-electron chi connectivity index (χ1n) is 8.30. The number of anilines is 1. The van der Waals surface area contributed by atoms with Crippen LogP contribution >= 0.6 is 11.3 Å². The SMILES string of the molecule is CC(=O)N1CCNC[C@@H]1C(=O)Nc1nc2ccc3cc(F)ccc3c2s1. The Morgan fingerprint density at radius 2 is 2.19 bits per heavy atom. The second-order valence-corrected chi connectivity index (χ2v) is 7.22. The number of halogens is 1. The van der Waals surface area contributed by atoms with E-state index >= 15 is 0 Å². The zero-order valence-corrected chi connectivity index (χ0v) is 14.9. The number of aromatic nitrogens is 1. The van der Waals surface area contributed by atoms with Gasteiger partial charge in [-0.3, -0.25) is 9.59 Å². The van der Waals surface area contributed by atoms with Gasteiger partial charge >= 0.3 is 0 Å². The van der Waals surface area contributed by atoms with Gasteiger partial charge in [0, 0.05) is 31.9 Å². The number of thiazole rings is 1. The van der Waals surface area contributed by atoms with Crippen LogP contribution in [0, 0.1) is 5.82 Å². The van der Waals surface area contributed by atoms with Gasteiger partial charge in [0.05, 0.1) is 10.2 Å². The summed E-state index contributed by atoms with van der Waals surface area (Å²) in [5.41, 5.74) is 0.745. The van der Waals surface area contributed by atoms with E-state index in [0.717, 1.165) is 21.0 Å². The summed E-state index contributed by atoms with van der Waals surface area (Å²) < 4.78 is 14.3. The summed E-state index contributed by atoms with van der Waals surface area (Å²) in [6, 6.07) is 7.68. The van der Waals surface area contributed by atoms with Crippen LogP contribution in [0.25, 0.3) is 21.0 Å². The van der Waals surface area contributed by atoms with E-state index in [1.165, 1.54) is 30.4 Å². The second kappa shape index (κ2) is 6.62. The topological polar surface area (TPSA) is 74.3 Å². The number of nitrogens with one attached hydrogen (secondary N) is 2. The standard InChI is InChI=1S/C18H17FN4O2S/c1-10(24)23-7-6-20-9-15(23)17(25)22-18-21-14-5-2-11-8-12(19)3-4-13(11)16(14)26-18/h2-5,8,15,20H,6-7,9H2,1H3,(H,21,22,25)/t15-/m1/s1. The molecule has 0 radical (unpaired) electrons. The van der Waals surface area contributed by atoms with E-state index < -0.39 is 6.04 Å². The Balaban J connectivity index is 1.63. The molecule has 0 spiro atoms.